The van der Waals surface area contributed by atoms with Gasteiger partial charge in [0.15, 0.2) is 5.82 Å². The SMILES string of the molecule is CNCc1ccc(S(=O)(=O)Nc2ccncc2F)s1. The third-order valence-corrected chi connectivity index (χ3v) is 5.21. The smallest absolute Gasteiger partial charge is 0.271 e. The van der Waals surface area contributed by atoms with Crippen molar-refractivity contribution in [3.8, 4) is 0 Å². The summed E-state index contributed by atoms with van der Waals surface area (Å²) in [5, 5.41) is 2.93. The number of hydrogen-bond donors (Lipinski definition) is 2. The summed E-state index contributed by atoms with van der Waals surface area (Å²) in [6, 6.07) is 4.49. The van der Waals surface area contributed by atoms with Gasteiger partial charge in [0, 0.05) is 17.6 Å². The molecule has 2 heterocycles. The maximum atomic E-state index is 13.4. The van der Waals surface area contributed by atoms with Crippen molar-refractivity contribution in [2.75, 3.05) is 11.8 Å². The summed E-state index contributed by atoms with van der Waals surface area (Å²) in [7, 11) is -1.98. The van der Waals surface area contributed by atoms with E-state index in [1.54, 1.807) is 13.1 Å². The molecule has 2 rings (SSSR count). The average Bonchev–Trinajstić information content (AvgIpc) is 2.82. The Morgan fingerprint density at radius 1 is 1.37 bits per heavy atom. The van der Waals surface area contributed by atoms with Gasteiger partial charge in [0.05, 0.1) is 11.9 Å². The van der Waals surface area contributed by atoms with E-state index in [4.69, 9.17) is 0 Å². The van der Waals surface area contributed by atoms with Crippen LogP contribution in [0, 0.1) is 5.82 Å². The highest BCUT2D eigenvalue weighted by Gasteiger charge is 2.18. The first-order valence-electron chi connectivity index (χ1n) is 5.38. The molecule has 0 saturated heterocycles. The molecule has 0 fully saturated rings. The van der Waals surface area contributed by atoms with E-state index in [1.165, 1.54) is 18.3 Å². The second-order valence-corrected chi connectivity index (χ2v) is 6.79. The summed E-state index contributed by atoms with van der Waals surface area (Å²) in [5.41, 5.74) is -0.112. The quantitative estimate of drug-likeness (QED) is 0.883. The largest absolute Gasteiger partial charge is 0.315 e. The number of nitrogens with one attached hydrogen (secondary N) is 2. The van der Waals surface area contributed by atoms with Gasteiger partial charge in [-0.2, -0.15) is 0 Å². The minimum atomic E-state index is -3.76. The van der Waals surface area contributed by atoms with Crippen LogP contribution in [0.3, 0.4) is 0 Å². The lowest BCUT2D eigenvalue weighted by Crippen LogP contribution is -2.12. The van der Waals surface area contributed by atoms with Gasteiger partial charge < -0.3 is 5.32 Å². The maximum Gasteiger partial charge on any atom is 0.271 e. The summed E-state index contributed by atoms with van der Waals surface area (Å²) in [6.45, 7) is 0.587. The van der Waals surface area contributed by atoms with Crippen molar-refractivity contribution in [3.05, 3.63) is 41.3 Å². The topological polar surface area (TPSA) is 71.1 Å². The van der Waals surface area contributed by atoms with Crippen LogP contribution in [-0.4, -0.2) is 20.4 Å². The molecule has 0 aliphatic carbocycles. The van der Waals surface area contributed by atoms with E-state index in [0.717, 1.165) is 22.4 Å². The number of pyridine rings is 1. The summed E-state index contributed by atoms with van der Waals surface area (Å²) < 4.78 is 39.8. The number of nitrogens with zero attached hydrogens (tertiary/aromatic N) is 1. The monoisotopic (exact) mass is 301 g/mol. The molecule has 2 N–H and O–H groups in total. The molecule has 2 aromatic rings. The Hall–Kier alpha value is -1.51. The molecule has 0 amide bonds. The lowest BCUT2D eigenvalue weighted by molar-refractivity contribution is 0.599. The number of anilines is 1. The number of rotatable bonds is 5. The van der Waals surface area contributed by atoms with Crippen LogP contribution >= 0.6 is 11.3 Å². The van der Waals surface area contributed by atoms with E-state index in [1.807, 2.05) is 0 Å². The third-order valence-electron chi connectivity index (χ3n) is 2.27. The molecular weight excluding hydrogens is 289 g/mol. The van der Waals surface area contributed by atoms with Gasteiger partial charge in [0.25, 0.3) is 10.0 Å². The molecule has 0 aromatic carbocycles. The van der Waals surface area contributed by atoms with Crippen LogP contribution in [0.25, 0.3) is 0 Å². The summed E-state index contributed by atoms with van der Waals surface area (Å²) in [6.07, 6.45) is 2.28. The number of thiophene rings is 1. The Labute approximate surface area is 114 Å². The zero-order valence-corrected chi connectivity index (χ0v) is 11.7. The van der Waals surface area contributed by atoms with Crippen LogP contribution in [-0.2, 0) is 16.6 Å². The maximum absolute atomic E-state index is 13.4. The zero-order valence-electron chi connectivity index (χ0n) is 10.1. The van der Waals surface area contributed by atoms with Gasteiger partial charge in [-0.05, 0) is 25.2 Å². The standard InChI is InChI=1S/C11H12FN3O2S2/c1-13-6-8-2-3-11(18-8)19(16,17)15-10-4-5-14-7-9(10)12/h2-5,7,13H,6H2,1H3,(H,14,15). The van der Waals surface area contributed by atoms with Crippen molar-refractivity contribution in [2.45, 2.75) is 10.8 Å². The number of halogens is 1. The highest BCUT2D eigenvalue weighted by atomic mass is 32.2. The van der Waals surface area contributed by atoms with Gasteiger partial charge in [-0.1, -0.05) is 0 Å². The van der Waals surface area contributed by atoms with E-state index in [2.05, 4.69) is 15.0 Å². The summed E-state index contributed by atoms with van der Waals surface area (Å²) >= 11 is 1.14. The molecule has 0 atom stereocenters. The molecule has 0 radical (unpaired) electrons. The highest BCUT2D eigenvalue weighted by Crippen LogP contribution is 2.24. The van der Waals surface area contributed by atoms with Gasteiger partial charge in [-0.25, -0.2) is 12.8 Å². The van der Waals surface area contributed by atoms with Crippen LogP contribution < -0.4 is 10.0 Å². The van der Waals surface area contributed by atoms with E-state index in [0.29, 0.717) is 6.54 Å². The lowest BCUT2D eigenvalue weighted by atomic mass is 10.4. The van der Waals surface area contributed by atoms with Crippen LogP contribution in [0.1, 0.15) is 4.88 Å². The number of aromatic nitrogens is 1. The van der Waals surface area contributed by atoms with E-state index in [9.17, 15) is 12.8 Å². The second kappa shape index (κ2) is 5.64. The molecule has 0 aliphatic rings. The first-order valence-corrected chi connectivity index (χ1v) is 7.68. The molecule has 2 aromatic heterocycles. The molecule has 0 aliphatic heterocycles. The van der Waals surface area contributed by atoms with Gasteiger partial charge in [-0.15, -0.1) is 11.3 Å². The Bertz CT molecular complexity index is 670. The lowest BCUT2D eigenvalue weighted by Gasteiger charge is -2.06. The number of hydrogen-bond acceptors (Lipinski definition) is 5. The highest BCUT2D eigenvalue weighted by molar-refractivity contribution is 7.94. The summed E-state index contributed by atoms with van der Waals surface area (Å²) in [5.74, 6) is -0.710. The van der Waals surface area contributed by atoms with Crippen molar-refractivity contribution in [1.82, 2.24) is 10.3 Å². The van der Waals surface area contributed by atoms with Crippen molar-refractivity contribution >= 4 is 27.0 Å². The molecule has 0 unspecified atom stereocenters. The van der Waals surface area contributed by atoms with E-state index >= 15 is 0 Å². The van der Waals surface area contributed by atoms with Crippen LogP contribution in [0.15, 0.2) is 34.8 Å². The van der Waals surface area contributed by atoms with Crippen molar-refractivity contribution < 1.29 is 12.8 Å². The molecule has 19 heavy (non-hydrogen) atoms. The average molecular weight is 301 g/mol. The molecule has 8 heteroatoms. The van der Waals surface area contributed by atoms with Crippen LogP contribution in [0.5, 0.6) is 0 Å². The molecular formula is C11H12FN3O2S2. The van der Waals surface area contributed by atoms with Crippen molar-refractivity contribution in [1.29, 1.82) is 0 Å². The van der Waals surface area contributed by atoms with E-state index < -0.39 is 15.8 Å². The Morgan fingerprint density at radius 2 is 2.16 bits per heavy atom. The van der Waals surface area contributed by atoms with Gasteiger partial charge in [0.1, 0.15) is 4.21 Å². The van der Waals surface area contributed by atoms with E-state index in [-0.39, 0.29) is 9.90 Å². The third kappa shape index (κ3) is 3.28. The second-order valence-electron chi connectivity index (χ2n) is 3.71. The Morgan fingerprint density at radius 3 is 2.84 bits per heavy atom. The predicted octanol–water partition coefficient (Wildman–Crippen LogP) is 1.80. The van der Waals surface area contributed by atoms with Crippen LogP contribution in [0.2, 0.25) is 0 Å². The first-order chi connectivity index (χ1) is 9.03. The van der Waals surface area contributed by atoms with Gasteiger partial charge in [0.2, 0.25) is 0 Å². The minimum Gasteiger partial charge on any atom is -0.315 e. The normalized spacial score (nSPS) is 11.5. The Kier molecular flexibility index (Phi) is 4.13. The van der Waals surface area contributed by atoms with Gasteiger partial charge >= 0.3 is 0 Å². The van der Waals surface area contributed by atoms with Crippen molar-refractivity contribution in [2.24, 2.45) is 0 Å². The predicted molar refractivity (Wildman–Crippen MR) is 72.1 cm³/mol. The first kappa shape index (κ1) is 13.9. The Balaban J connectivity index is 2.25. The zero-order chi connectivity index (χ0) is 13.9. The molecule has 102 valence electrons. The molecule has 0 bridgehead atoms. The molecule has 0 spiro atoms. The summed E-state index contributed by atoms with van der Waals surface area (Å²) in [4.78, 5) is 4.45. The van der Waals surface area contributed by atoms with Gasteiger partial charge in [-0.3, -0.25) is 9.71 Å². The molecule has 5 nitrogen and oxygen atoms in total. The fraction of sp³-hybridized carbons (Fsp3) is 0.182. The minimum absolute atomic E-state index is 0.112. The van der Waals surface area contributed by atoms with Crippen molar-refractivity contribution in [3.63, 3.8) is 0 Å². The fourth-order valence-electron chi connectivity index (χ4n) is 1.42. The fourth-order valence-corrected chi connectivity index (χ4v) is 3.86. The van der Waals surface area contributed by atoms with Crippen LogP contribution in [0.4, 0.5) is 10.1 Å². The molecule has 0 saturated carbocycles. The number of sulfonamides is 1.